The molecule has 0 atom stereocenters. The average molecular weight is 310 g/mol. The lowest BCUT2D eigenvalue weighted by Gasteiger charge is -2.23. The molecule has 9 heteroatoms. The summed E-state index contributed by atoms with van der Waals surface area (Å²) in [5.41, 5.74) is 0. The predicted octanol–water partition coefficient (Wildman–Crippen LogP) is -0.389. The van der Waals surface area contributed by atoms with Gasteiger partial charge in [-0.05, 0) is 6.92 Å². The Kier molecular flexibility index (Phi) is 8.35. The van der Waals surface area contributed by atoms with Crippen LogP contribution in [0.2, 0.25) is 0 Å². The van der Waals surface area contributed by atoms with Gasteiger partial charge in [0.25, 0.3) is 10.2 Å². The van der Waals surface area contributed by atoms with E-state index in [4.69, 9.17) is 4.74 Å². The van der Waals surface area contributed by atoms with Crippen molar-refractivity contribution in [3.63, 3.8) is 0 Å². The minimum Gasteiger partial charge on any atom is -0.469 e. The molecule has 20 heavy (non-hydrogen) atoms. The summed E-state index contributed by atoms with van der Waals surface area (Å²) >= 11 is 0. The minimum absolute atomic E-state index is 0.0127. The Balaban J connectivity index is 4.39. The Labute approximate surface area is 119 Å². The number of rotatable bonds is 9. The Morgan fingerprint density at radius 2 is 1.45 bits per heavy atom. The minimum atomic E-state index is -3.70. The quantitative estimate of drug-likeness (QED) is 0.539. The van der Waals surface area contributed by atoms with Crippen LogP contribution in [0.25, 0.3) is 0 Å². The number of carbonyl (C=O) groups is 2. The Hall–Kier alpha value is -1.19. The molecule has 0 radical (unpaired) electrons. The third kappa shape index (κ3) is 6.31. The van der Waals surface area contributed by atoms with Crippen LogP contribution < -0.4 is 0 Å². The van der Waals surface area contributed by atoms with Gasteiger partial charge in [-0.3, -0.25) is 9.59 Å². The molecular formula is C11H22N2O6S. The highest BCUT2D eigenvalue weighted by molar-refractivity contribution is 7.86. The summed E-state index contributed by atoms with van der Waals surface area (Å²) in [5.74, 6) is -0.937. The van der Waals surface area contributed by atoms with Crippen molar-refractivity contribution in [2.75, 3.05) is 40.9 Å². The van der Waals surface area contributed by atoms with E-state index < -0.39 is 22.1 Å². The largest absolute Gasteiger partial charge is 0.469 e. The summed E-state index contributed by atoms with van der Waals surface area (Å²) in [4.78, 5) is 22.2. The lowest BCUT2D eigenvalue weighted by Crippen LogP contribution is -2.41. The van der Waals surface area contributed by atoms with Gasteiger partial charge in [0.15, 0.2) is 0 Å². The molecule has 0 saturated carbocycles. The molecule has 0 rings (SSSR count). The van der Waals surface area contributed by atoms with Gasteiger partial charge in [-0.2, -0.15) is 17.0 Å². The van der Waals surface area contributed by atoms with Crippen molar-refractivity contribution in [1.82, 2.24) is 8.61 Å². The van der Waals surface area contributed by atoms with Crippen molar-refractivity contribution >= 4 is 22.1 Å². The first kappa shape index (κ1) is 18.8. The van der Waals surface area contributed by atoms with Crippen LogP contribution in [0.5, 0.6) is 0 Å². The summed E-state index contributed by atoms with van der Waals surface area (Å²) in [6, 6.07) is 0. The van der Waals surface area contributed by atoms with E-state index in [0.717, 1.165) is 8.61 Å². The summed E-state index contributed by atoms with van der Waals surface area (Å²) in [5, 5.41) is 0. The van der Waals surface area contributed by atoms with Crippen molar-refractivity contribution in [1.29, 1.82) is 0 Å². The van der Waals surface area contributed by atoms with Crippen LogP contribution in [0.4, 0.5) is 0 Å². The van der Waals surface area contributed by atoms with E-state index in [1.807, 2.05) is 0 Å². The molecule has 0 heterocycles. The summed E-state index contributed by atoms with van der Waals surface area (Å²) < 4.78 is 35.3. The molecule has 0 aromatic rings. The molecule has 0 spiro atoms. The van der Waals surface area contributed by atoms with Crippen molar-refractivity contribution in [2.24, 2.45) is 0 Å². The van der Waals surface area contributed by atoms with E-state index in [0.29, 0.717) is 0 Å². The van der Waals surface area contributed by atoms with Crippen LogP contribution in [-0.2, 0) is 29.3 Å². The molecule has 0 aromatic heterocycles. The molecule has 0 aromatic carbocycles. The third-order valence-corrected chi connectivity index (χ3v) is 4.52. The molecule has 8 nitrogen and oxygen atoms in total. The van der Waals surface area contributed by atoms with Gasteiger partial charge < -0.3 is 9.47 Å². The monoisotopic (exact) mass is 310 g/mol. The fraction of sp³-hybridized carbons (Fsp3) is 0.818. The van der Waals surface area contributed by atoms with E-state index in [1.54, 1.807) is 6.92 Å². The Morgan fingerprint density at radius 1 is 1.00 bits per heavy atom. The lowest BCUT2D eigenvalue weighted by atomic mass is 10.4. The topological polar surface area (TPSA) is 93.2 Å². The van der Waals surface area contributed by atoms with Gasteiger partial charge in [0, 0.05) is 27.2 Å². The number of hydrogen-bond acceptors (Lipinski definition) is 6. The highest BCUT2D eigenvalue weighted by Crippen LogP contribution is 2.06. The van der Waals surface area contributed by atoms with E-state index in [-0.39, 0.29) is 32.5 Å². The molecule has 0 aliphatic carbocycles. The number of ether oxygens (including phenoxy) is 2. The maximum absolute atomic E-state index is 12.0. The van der Waals surface area contributed by atoms with Crippen LogP contribution in [0.1, 0.15) is 19.8 Å². The lowest BCUT2D eigenvalue weighted by molar-refractivity contribution is -0.143. The van der Waals surface area contributed by atoms with Gasteiger partial charge >= 0.3 is 11.9 Å². The second-order valence-electron chi connectivity index (χ2n) is 4.03. The number of methoxy groups -OCH3 is 1. The first-order valence-corrected chi connectivity index (χ1v) is 7.55. The number of esters is 2. The van der Waals surface area contributed by atoms with Crippen LogP contribution in [-0.4, -0.2) is 69.9 Å². The first-order chi connectivity index (χ1) is 9.25. The van der Waals surface area contributed by atoms with Crippen molar-refractivity contribution in [3.8, 4) is 0 Å². The summed E-state index contributed by atoms with van der Waals surface area (Å²) in [6.07, 6.45) is -0.0492. The SMILES string of the molecule is CCOC(=O)CCN(C)S(=O)(=O)N(C)CCC(=O)OC. The number of hydrogen-bond donors (Lipinski definition) is 0. The molecule has 0 aliphatic heterocycles. The fourth-order valence-corrected chi connectivity index (χ4v) is 2.42. The van der Waals surface area contributed by atoms with Gasteiger partial charge in [-0.1, -0.05) is 0 Å². The van der Waals surface area contributed by atoms with Gasteiger partial charge in [-0.25, -0.2) is 0 Å². The van der Waals surface area contributed by atoms with E-state index in [2.05, 4.69) is 4.74 Å². The molecule has 0 N–H and O–H groups in total. The molecule has 0 unspecified atom stereocenters. The van der Waals surface area contributed by atoms with Crippen LogP contribution in [0, 0.1) is 0 Å². The highest BCUT2D eigenvalue weighted by Gasteiger charge is 2.24. The van der Waals surface area contributed by atoms with E-state index in [1.165, 1.54) is 21.2 Å². The molecule has 0 bridgehead atoms. The molecule has 0 aliphatic rings. The Morgan fingerprint density at radius 3 is 1.85 bits per heavy atom. The summed E-state index contributed by atoms with van der Waals surface area (Å²) in [6.45, 7) is 1.97. The third-order valence-electron chi connectivity index (χ3n) is 2.58. The predicted molar refractivity (Wildman–Crippen MR) is 72.1 cm³/mol. The first-order valence-electron chi connectivity index (χ1n) is 6.15. The maximum atomic E-state index is 12.0. The highest BCUT2D eigenvalue weighted by atomic mass is 32.2. The van der Waals surface area contributed by atoms with Crippen molar-refractivity contribution < 1.29 is 27.5 Å². The zero-order valence-electron chi connectivity index (χ0n) is 12.3. The molecule has 0 amide bonds. The van der Waals surface area contributed by atoms with E-state index >= 15 is 0 Å². The van der Waals surface area contributed by atoms with Crippen LogP contribution in [0.15, 0.2) is 0 Å². The smallest absolute Gasteiger partial charge is 0.307 e. The number of nitrogens with zero attached hydrogens (tertiary/aromatic N) is 2. The second-order valence-corrected chi connectivity index (χ2v) is 6.17. The van der Waals surface area contributed by atoms with Gasteiger partial charge in [0.2, 0.25) is 0 Å². The van der Waals surface area contributed by atoms with Gasteiger partial charge in [-0.15, -0.1) is 0 Å². The van der Waals surface area contributed by atoms with Crippen LogP contribution >= 0.6 is 0 Å². The zero-order valence-corrected chi connectivity index (χ0v) is 13.1. The van der Waals surface area contributed by atoms with Crippen LogP contribution in [0.3, 0.4) is 0 Å². The number of carbonyl (C=O) groups excluding carboxylic acids is 2. The van der Waals surface area contributed by atoms with Gasteiger partial charge in [0.1, 0.15) is 0 Å². The normalized spacial score (nSPS) is 11.7. The second kappa shape index (κ2) is 8.88. The Bertz CT molecular complexity index is 423. The molecule has 0 saturated heterocycles. The standard InChI is InChI=1S/C11H22N2O6S/c1-5-19-11(15)7-9-13(3)20(16,17)12(2)8-6-10(14)18-4/h5-9H2,1-4H3. The van der Waals surface area contributed by atoms with Gasteiger partial charge in [0.05, 0.1) is 26.6 Å². The average Bonchev–Trinajstić information content (AvgIpc) is 2.41. The molecule has 0 fully saturated rings. The maximum Gasteiger partial charge on any atom is 0.307 e. The molecular weight excluding hydrogens is 288 g/mol. The fourth-order valence-electron chi connectivity index (χ4n) is 1.30. The molecule has 118 valence electrons. The van der Waals surface area contributed by atoms with E-state index in [9.17, 15) is 18.0 Å². The van der Waals surface area contributed by atoms with Crippen molar-refractivity contribution in [2.45, 2.75) is 19.8 Å². The summed E-state index contributed by atoms with van der Waals surface area (Å²) in [7, 11) is 0.261. The van der Waals surface area contributed by atoms with Crippen molar-refractivity contribution in [3.05, 3.63) is 0 Å². The zero-order chi connectivity index (χ0) is 15.8.